The van der Waals surface area contributed by atoms with Crippen LogP contribution in [-0.2, 0) is 11.3 Å². The molecule has 148 valence electrons. The average molecular weight is 376 g/mol. The number of rotatable bonds is 14. The van der Waals surface area contributed by atoms with Crippen LogP contribution in [0.2, 0.25) is 0 Å². The van der Waals surface area contributed by atoms with E-state index in [1.165, 1.54) is 11.1 Å². The third kappa shape index (κ3) is 7.30. The van der Waals surface area contributed by atoms with Crippen LogP contribution in [0.1, 0.15) is 42.9 Å². The van der Waals surface area contributed by atoms with Crippen molar-refractivity contribution in [2.24, 2.45) is 0 Å². The largest absolute Gasteiger partial charge is 0.290 e. The van der Waals surface area contributed by atoms with Crippen molar-refractivity contribution < 1.29 is 4.84 Å². The van der Waals surface area contributed by atoms with Crippen LogP contribution in [0.5, 0.6) is 0 Å². The fourth-order valence-electron chi connectivity index (χ4n) is 3.23. The van der Waals surface area contributed by atoms with E-state index in [1.807, 2.05) is 24.3 Å². The molecular formula is C26H33NO. The molecule has 0 radical (unpaired) electrons. The number of hydroxylamine groups is 2. The summed E-state index contributed by atoms with van der Waals surface area (Å²) in [6.07, 6.45) is 10.5. The molecule has 0 aliphatic carbocycles. The molecule has 0 aromatic heterocycles. The van der Waals surface area contributed by atoms with Crippen molar-refractivity contribution in [3.05, 3.63) is 110 Å². The lowest BCUT2D eigenvalue weighted by molar-refractivity contribution is -0.217. The molecule has 0 saturated carbocycles. The van der Waals surface area contributed by atoms with Crippen LogP contribution >= 0.6 is 0 Å². The Bertz CT molecular complexity index is 695. The number of nitrogens with zero attached hydrogens (tertiary/aromatic N) is 1. The molecule has 28 heavy (non-hydrogen) atoms. The number of aryl methyl sites for hydroxylation is 1. The Morgan fingerprint density at radius 2 is 1.46 bits per heavy atom. The van der Waals surface area contributed by atoms with E-state index in [0.29, 0.717) is 0 Å². The fraction of sp³-hybridized carbons (Fsp3) is 0.308. The van der Waals surface area contributed by atoms with Gasteiger partial charge >= 0.3 is 0 Å². The third-order valence-corrected chi connectivity index (χ3v) is 4.83. The first-order valence-corrected chi connectivity index (χ1v) is 10.1. The number of hydrogen-bond donors (Lipinski definition) is 0. The smallest absolute Gasteiger partial charge is 0.105 e. The number of benzene rings is 2. The van der Waals surface area contributed by atoms with E-state index in [4.69, 9.17) is 4.84 Å². The molecule has 2 aromatic rings. The highest BCUT2D eigenvalue weighted by Gasteiger charge is 2.21. The zero-order valence-electron chi connectivity index (χ0n) is 16.9. The van der Waals surface area contributed by atoms with E-state index >= 15 is 0 Å². The molecular weight excluding hydrogens is 342 g/mol. The summed E-state index contributed by atoms with van der Waals surface area (Å²) in [5, 5.41) is 2.10. The van der Waals surface area contributed by atoms with Gasteiger partial charge in [-0.2, -0.15) is 5.06 Å². The minimum Gasteiger partial charge on any atom is -0.290 e. The summed E-state index contributed by atoms with van der Waals surface area (Å²) in [6.45, 7) is 12.6. The zero-order chi connectivity index (χ0) is 20.0. The Morgan fingerprint density at radius 3 is 2.07 bits per heavy atom. The maximum Gasteiger partial charge on any atom is 0.105 e. The van der Waals surface area contributed by atoms with Gasteiger partial charge < -0.3 is 0 Å². The predicted octanol–water partition coefficient (Wildman–Crippen LogP) is 6.69. The first kappa shape index (κ1) is 21.9. The Labute approximate surface area is 170 Å². The van der Waals surface area contributed by atoms with Crippen molar-refractivity contribution in [3.63, 3.8) is 0 Å². The van der Waals surface area contributed by atoms with E-state index < -0.39 is 0 Å². The minimum atomic E-state index is 0.00295. The van der Waals surface area contributed by atoms with Crippen molar-refractivity contribution in [2.45, 2.75) is 44.2 Å². The number of hydrogen-bond acceptors (Lipinski definition) is 2. The standard InChI is InChI=1S/C26H33NO/c1-4-7-19-26(24-17-13-10-14-18-24)28-27(22-8-5-2)25(6-3)21-20-23-15-11-9-12-16-23/h4-6,9-18,25-26H,1-3,7-8,19-22H2/t25-,26-/m0/s1. The summed E-state index contributed by atoms with van der Waals surface area (Å²) in [7, 11) is 0. The molecule has 0 fully saturated rings. The molecule has 2 nitrogen and oxygen atoms in total. The van der Waals surface area contributed by atoms with E-state index in [0.717, 1.165) is 38.6 Å². The van der Waals surface area contributed by atoms with E-state index in [-0.39, 0.29) is 12.1 Å². The van der Waals surface area contributed by atoms with Gasteiger partial charge in [0, 0.05) is 6.54 Å². The molecule has 0 spiro atoms. The Balaban J connectivity index is 2.12. The fourth-order valence-corrected chi connectivity index (χ4v) is 3.23. The Kier molecular flexibility index (Phi) is 10.1. The van der Waals surface area contributed by atoms with Crippen LogP contribution in [-0.4, -0.2) is 17.6 Å². The highest BCUT2D eigenvalue weighted by Crippen LogP contribution is 2.26. The molecule has 2 atom stereocenters. The topological polar surface area (TPSA) is 12.5 Å². The second-order valence-electron chi connectivity index (χ2n) is 6.92. The van der Waals surface area contributed by atoms with Crippen molar-refractivity contribution in [3.8, 4) is 0 Å². The molecule has 0 amide bonds. The second-order valence-corrected chi connectivity index (χ2v) is 6.92. The molecule has 0 unspecified atom stereocenters. The quantitative estimate of drug-likeness (QED) is 0.269. The highest BCUT2D eigenvalue weighted by molar-refractivity contribution is 5.18. The summed E-state index contributed by atoms with van der Waals surface area (Å²) in [5.74, 6) is 0. The van der Waals surface area contributed by atoms with Gasteiger partial charge in [0.1, 0.15) is 6.10 Å². The van der Waals surface area contributed by atoms with Crippen LogP contribution in [0.15, 0.2) is 98.6 Å². The maximum atomic E-state index is 6.55. The lowest BCUT2D eigenvalue weighted by Gasteiger charge is -2.32. The molecule has 2 rings (SSSR count). The van der Waals surface area contributed by atoms with Crippen LogP contribution in [0.25, 0.3) is 0 Å². The lowest BCUT2D eigenvalue weighted by Crippen LogP contribution is -2.36. The summed E-state index contributed by atoms with van der Waals surface area (Å²) in [6, 6.07) is 21.2. The van der Waals surface area contributed by atoms with Crippen molar-refractivity contribution >= 4 is 0 Å². The maximum absolute atomic E-state index is 6.55. The Morgan fingerprint density at radius 1 is 0.821 bits per heavy atom. The van der Waals surface area contributed by atoms with Gasteiger partial charge in [-0.15, -0.1) is 19.7 Å². The van der Waals surface area contributed by atoms with E-state index in [9.17, 15) is 0 Å². The molecule has 0 heterocycles. The van der Waals surface area contributed by atoms with Gasteiger partial charge in [-0.25, -0.2) is 0 Å². The van der Waals surface area contributed by atoms with Crippen LogP contribution < -0.4 is 0 Å². The van der Waals surface area contributed by atoms with Crippen molar-refractivity contribution in [1.82, 2.24) is 5.06 Å². The van der Waals surface area contributed by atoms with Gasteiger partial charge in [-0.1, -0.05) is 78.9 Å². The molecule has 0 N–H and O–H groups in total. The third-order valence-electron chi connectivity index (χ3n) is 4.83. The minimum absolute atomic E-state index is 0.00295. The monoisotopic (exact) mass is 375 g/mol. The summed E-state index contributed by atoms with van der Waals surface area (Å²) in [4.78, 5) is 6.55. The van der Waals surface area contributed by atoms with Crippen LogP contribution in [0.4, 0.5) is 0 Å². The molecule has 0 aliphatic rings. The molecule has 2 aromatic carbocycles. The molecule has 2 heteroatoms. The molecule has 0 saturated heterocycles. The SMILES string of the molecule is C=CCC[C@H](ON(CCC=C)[C@@H](C=C)CCc1ccccc1)c1ccccc1. The van der Waals surface area contributed by atoms with Gasteiger partial charge in [0.2, 0.25) is 0 Å². The Hall–Kier alpha value is -2.42. The first-order valence-electron chi connectivity index (χ1n) is 10.1. The van der Waals surface area contributed by atoms with Gasteiger partial charge in [-0.05, 0) is 43.2 Å². The summed E-state index contributed by atoms with van der Waals surface area (Å²) < 4.78 is 0. The van der Waals surface area contributed by atoms with Crippen LogP contribution in [0, 0.1) is 0 Å². The lowest BCUT2D eigenvalue weighted by atomic mass is 10.0. The zero-order valence-corrected chi connectivity index (χ0v) is 16.9. The van der Waals surface area contributed by atoms with Gasteiger partial charge in [-0.3, -0.25) is 4.84 Å². The number of allylic oxidation sites excluding steroid dienone is 1. The average Bonchev–Trinajstić information content (AvgIpc) is 2.76. The van der Waals surface area contributed by atoms with E-state index in [2.05, 4.69) is 79.4 Å². The normalized spacial score (nSPS) is 13.0. The predicted molar refractivity (Wildman–Crippen MR) is 120 cm³/mol. The molecule has 0 bridgehead atoms. The first-order chi connectivity index (χ1) is 13.8. The van der Waals surface area contributed by atoms with Crippen molar-refractivity contribution in [2.75, 3.05) is 6.54 Å². The van der Waals surface area contributed by atoms with Gasteiger partial charge in [0.15, 0.2) is 0 Å². The van der Waals surface area contributed by atoms with E-state index in [1.54, 1.807) is 0 Å². The summed E-state index contributed by atoms with van der Waals surface area (Å²) >= 11 is 0. The van der Waals surface area contributed by atoms with Crippen LogP contribution in [0.3, 0.4) is 0 Å². The second kappa shape index (κ2) is 12.9. The molecule has 0 aliphatic heterocycles. The summed E-state index contributed by atoms with van der Waals surface area (Å²) in [5.41, 5.74) is 2.53. The van der Waals surface area contributed by atoms with Crippen molar-refractivity contribution in [1.29, 1.82) is 0 Å². The van der Waals surface area contributed by atoms with Gasteiger partial charge in [0.25, 0.3) is 0 Å². The van der Waals surface area contributed by atoms with Gasteiger partial charge in [0.05, 0.1) is 6.04 Å². The highest BCUT2D eigenvalue weighted by atomic mass is 16.7.